The maximum absolute atomic E-state index is 13.5. The number of benzene rings is 2. The number of thioether (sulfide) groups is 1. The van der Waals surface area contributed by atoms with Crippen LogP contribution in [0, 0.1) is 5.92 Å². The smallest absolute Gasteiger partial charge is 0.331 e. The summed E-state index contributed by atoms with van der Waals surface area (Å²) in [6, 6.07) is 17.2. The molecule has 2 heterocycles. The summed E-state index contributed by atoms with van der Waals surface area (Å²) in [7, 11) is 0. The Hall–Kier alpha value is -3.20. The molecule has 2 N–H and O–H groups in total. The number of carbonyl (C=O) groups excluding carboxylic acids is 3. The molecule has 1 saturated carbocycles. The minimum atomic E-state index is -0.814. The zero-order valence-corrected chi connectivity index (χ0v) is 21.2. The highest BCUT2D eigenvalue weighted by atomic mass is 32.2. The van der Waals surface area contributed by atoms with Crippen LogP contribution >= 0.6 is 11.8 Å². The van der Waals surface area contributed by atoms with E-state index in [1.807, 2.05) is 62.4 Å². The van der Waals surface area contributed by atoms with Crippen molar-refractivity contribution < 1.29 is 23.9 Å². The summed E-state index contributed by atoms with van der Waals surface area (Å²) in [6.07, 6.45) is 1.92. The lowest BCUT2D eigenvalue weighted by molar-refractivity contribution is -0.171. The first kappa shape index (κ1) is 24.5. The Labute approximate surface area is 215 Å². The molecule has 2 amide bonds. The molecule has 0 bridgehead atoms. The molecule has 8 nitrogen and oxygen atoms in total. The minimum absolute atomic E-state index is 0.187. The van der Waals surface area contributed by atoms with Gasteiger partial charge in [0.2, 0.25) is 5.91 Å². The van der Waals surface area contributed by atoms with Crippen LogP contribution in [0.15, 0.2) is 60.7 Å². The topological polar surface area (TPSA) is 97.0 Å². The zero-order chi connectivity index (χ0) is 25.3. The molecule has 3 fully saturated rings. The second kappa shape index (κ2) is 10.0. The molecule has 190 valence electrons. The Morgan fingerprint density at radius 2 is 1.78 bits per heavy atom. The Morgan fingerprint density at radius 3 is 2.44 bits per heavy atom. The number of carbonyl (C=O) groups is 3. The average Bonchev–Trinajstić information content (AvgIpc) is 3.73. The molecule has 1 aliphatic carbocycles. The molecule has 4 unspecified atom stereocenters. The van der Waals surface area contributed by atoms with Gasteiger partial charge in [-0.25, -0.2) is 4.79 Å². The molecule has 0 aromatic heterocycles. The van der Waals surface area contributed by atoms with Crippen LogP contribution < -0.4 is 15.4 Å². The van der Waals surface area contributed by atoms with Gasteiger partial charge in [-0.1, -0.05) is 36.4 Å². The number of para-hydroxylation sites is 2. The normalized spacial score (nSPS) is 27.8. The van der Waals surface area contributed by atoms with Gasteiger partial charge in [0.05, 0.1) is 5.54 Å². The third-order valence-electron chi connectivity index (χ3n) is 6.96. The zero-order valence-electron chi connectivity index (χ0n) is 20.4. The first-order valence-corrected chi connectivity index (χ1v) is 13.4. The number of ether oxygens (including phenoxy) is 2. The quantitative estimate of drug-likeness (QED) is 0.396. The van der Waals surface area contributed by atoms with Gasteiger partial charge in [0, 0.05) is 11.4 Å². The van der Waals surface area contributed by atoms with Crippen LogP contribution in [0.3, 0.4) is 0 Å². The van der Waals surface area contributed by atoms with E-state index in [1.165, 1.54) is 0 Å². The predicted octanol–water partition coefficient (Wildman–Crippen LogP) is 3.05. The molecule has 36 heavy (non-hydrogen) atoms. The highest BCUT2D eigenvalue weighted by Crippen LogP contribution is 2.44. The van der Waals surface area contributed by atoms with E-state index in [-0.39, 0.29) is 29.9 Å². The van der Waals surface area contributed by atoms with Gasteiger partial charge < -0.3 is 25.0 Å². The van der Waals surface area contributed by atoms with Gasteiger partial charge in [0.15, 0.2) is 12.6 Å². The highest BCUT2D eigenvalue weighted by Gasteiger charge is 2.62. The number of fused-ring (bicyclic) bond motifs is 1. The van der Waals surface area contributed by atoms with Crippen LogP contribution in [0.4, 0.5) is 5.69 Å². The fourth-order valence-electron chi connectivity index (χ4n) is 4.83. The van der Waals surface area contributed by atoms with Crippen LogP contribution in [0.5, 0.6) is 5.75 Å². The number of β-lactam (4-membered cyclic amide) rings is 1. The van der Waals surface area contributed by atoms with Crippen molar-refractivity contribution in [1.29, 1.82) is 0 Å². The highest BCUT2D eigenvalue weighted by molar-refractivity contribution is 8.00. The first-order valence-electron chi connectivity index (χ1n) is 12.3. The second-order valence-corrected chi connectivity index (χ2v) is 11.0. The lowest BCUT2D eigenvalue weighted by Gasteiger charge is -2.58. The number of esters is 1. The third kappa shape index (κ3) is 5.02. The summed E-state index contributed by atoms with van der Waals surface area (Å²) in [4.78, 5) is 40.9. The summed E-state index contributed by atoms with van der Waals surface area (Å²) in [6.45, 7) is 3.67. The van der Waals surface area contributed by atoms with Gasteiger partial charge in [-0.05, 0) is 56.9 Å². The van der Waals surface area contributed by atoms with Crippen LogP contribution in [0.2, 0.25) is 0 Å². The number of nitrogens with zero attached hydrogens (tertiary/aromatic N) is 1. The first-order chi connectivity index (χ1) is 17.4. The standard InChI is InChI=1S/C27H31N3O5S/c1-17(18-13-14-18)35-26(33)23-27(2,29-19-9-5-3-6-10-19)16-36-25-22(24(32)30(23)25)28-21(31)15-34-20-11-7-4-8-12-20/h3-12,17-18,22-23,25,29H,13-16H2,1-2H3,(H,28,31)/t17?,22?,23?,25-,27?/m0/s1. The lowest BCUT2D eigenvalue weighted by Crippen LogP contribution is -2.80. The lowest BCUT2D eigenvalue weighted by atomic mass is 9.87. The number of nitrogens with one attached hydrogen (secondary N) is 2. The fraction of sp³-hybridized carbons (Fsp3) is 0.444. The molecular formula is C27H31N3O5S. The van der Waals surface area contributed by atoms with E-state index in [0.29, 0.717) is 17.4 Å². The molecule has 5 rings (SSSR count). The molecule has 9 heteroatoms. The summed E-state index contributed by atoms with van der Waals surface area (Å²) in [5, 5.41) is 5.93. The molecule has 2 aromatic rings. The summed E-state index contributed by atoms with van der Waals surface area (Å²) in [5.41, 5.74) is 0.118. The molecule has 0 spiro atoms. The Bertz CT molecular complexity index is 1110. The van der Waals surface area contributed by atoms with Crippen molar-refractivity contribution in [3.8, 4) is 5.75 Å². The summed E-state index contributed by atoms with van der Waals surface area (Å²) in [5.74, 6) is 0.450. The van der Waals surface area contributed by atoms with Crippen molar-refractivity contribution in [2.45, 2.75) is 55.8 Å². The van der Waals surface area contributed by atoms with Crippen molar-refractivity contribution in [2.24, 2.45) is 5.92 Å². The predicted molar refractivity (Wildman–Crippen MR) is 137 cm³/mol. The van der Waals surface area contributed by atoms with E-state index in [2.05, 4.69) is 10.6 Å². The number of amides is 2. The number of hydrogen-bond donors (Lipinski definition) is 2. The van der Waals surface area contributed by atoms with Crippen molar-refractivity contribution in [3.05, 3.63) is 60.7 Å². The van der Waals surface area contributed by atoms with Gasteiger partial charge in [-0.15, -0.1) is 11.8 Å². The summed E-state index contributed by atoms with van der Waals surface area (Å²) < 4.78 is 11.4. The fourth-order valence-corrected chi connectivity index (χ4v) is 6.34. The van der Waals surface area contributed by atoms with Crippen LogP contribution in [-0.2, 0) is 19.1 Å². The molecule has 2 aliphatic heterocycles. The molecule has 2 saturated heterocycles. The van der Waals surface area contributed by atoms with Crippen LogP contribution in [0.25, 0.3) is 0 Å². The van der Waals surface area contributed by atoms with E-state index < -0.39 is 23.6 Å². The minimum Gasteiger partial charge on any atom is -0.484 e. The molecule has 3 aliphatic rings. The Kier molecular flexibility index (Phi) is 6.83. The maximum Gasteiger partial charge on any atom is 0.331 e. The van der Waals surface area contributed by atoms with Gasteiger partial charge in [0.1, 0.15) is 23.3 Å². The van der Waals surface area contributed by atoms with Crippen molar-refractivity contribution in [2.75, 3.05) is 17.7 Å². The largest absolute Gasteiger partial charge is 0.484 e. The SMILES string of the molecule is CC(OC(=O)C1N2C(=O)C(NC(=O)COc3ccccc3)[C@@H]2SCC1(C)Nc1ccccc1)C1CC1. The molecule has 0 radical (unpaired) electrons. The number of rotatable bonds is 9. The Balaban J connectivity index is 1.29. The van der Waals surface area contributed by atoms with E-state index >= 15 is 0 Å². The second-order valence-electron chi connectivity index (χ2n) is 9.88. The van der Waals surface area contributed by atoms with E-state index in [1.54, 1.807) is 28.8 Å². The van der Waals surface area contributed by atoms with Gasteiger partial charge in [-0.3, -0.25) is 9.59 Å². The summed E-state index contributed by atoms with van der Waals surface area (Å²) >= 11 is 1.55. The van der Waals surface area contributed by atoms with Crippen molar-refractivity contribution in [3.63, 3.8) is 0 Å². The monoisotopic (exact) mass is 509 g/mol. The van der Waals surface area contributed by atoms with E-state index in [0.717, 1.165) is 18.5 Å². The van der Waals surface area contributed by atoms with E-state index in [9.17, 15) is 14.4 Å². The maximum atomic E-state index is 13.5. The third-order valence-corrected chi connectivity index (χ3v) is 8.57. The van der Waals surface area contributed by atoms with Crippen LogP contribution in [0.1, 0.15) is 26.7 Å². The van der Waals surface area contributed by atoms with Gasteiger partial charge >= 0.3 is 5.97 Å². The van der Waals surface area contributed by atoms with Gasteiger partial charge in [0.25, 0.3) is 5.91 Å². The average molecular weight is 510 g/mol. The van der Waals surface area contributed by atoms with Crippen molar-refractivity contribution >= 4 is 35.2 Å². The number of hydrogen-bond acceptors (Lipinski definition) is 7. The molecule has 5 atom stereocenters. The van der Waals surface area contributed by atoms with Crippen molar-refractivity contribution in [1.82, 2.24) is 10.2 Å². The molecule has 2 aromatic carbocycles. The Morgan fingerprint density at radius 1 is 1.11 bits per heavy atom. The van der Waals surface area contributed by atoms with Gasteiger partial charge in [-0.2, -0.15) is 0 Å². The van der Waals surface area contributed by atoms with Crippen LogP contribution in [-0.4, -0.2) is 64.1 Å². The number of anilines is 1. The molecular weight excluding hydrogens is 478 g/mol. The van der Waals surface area contributed by atoms with E-state index in [4.69, 9.17) is 9.47 Å².